The second-order valence-corrected chi connectivity index (χ2v) is 8.08. The molecule has 6 rings (SSSR count). The van der Waals surface area contributed by atoms with E-state index in [1.165, 1.54) is 38.5 Å². The summed E-state index contributed by atoms with van der Waals surface area (Å²) in [6.07, 6.45) is 8.83. The molecule has 21 heavy (non-hydrogen) atoms. The van der Waals surface area contributed by atoms with Crippen LogP contribution in [0, 0.1) is 17.8 Å². The molecule has 1 aliphatic heterocycles. The van der Waals surface area contributed by atoms with Crippen LogP contribution in [-0.2, 0) is 15.7 Å². The molecule has 2 N–H and O–H groups in total. The van der Waals surface area contributed by atoms with Gasteiger partial charge in [0, 0.05) is 12.0 Å². The van der Waals surface area contributed by atoms with Gasteiger partial charge in [-0.25, -0.2) is 0 Å². The van der Waals surface area contributed by atoms with Crippen LogP contribution in [0.2, 0.25) is 0 Å². The predicted octanol–water partition coefficient (Wildman–Crippen LogP) is 2.11. The number of nitrogens with two attached hydrogens (primary N) is 1. The summed E-state index contributed by atoms with van der Waals surface area (Å²) in [5.74, 6) is 4.19. The van der Waals surface area contributed by atoms with E-state index in [1.807, 2.05) is 0 Å². The van der Waals surface area contributed by atoms with Gasteiger partial charge in [-0.3, -0.25) is 0 Å². The SMILES string of the molecule is NC1(c2nc(C34CC5CC(CC(C5)C3)C4)no2)CCOC1. The first-order valence-electron chi connectivity index (χ1n) is 8.37. The normalized spacial score (nSPS) is 48.1. The average Bonchev–Trinajstić information content (AvgIpc) is 3.06. The zero-order valence-electron chi connectivity index (χ0n) is 12.4. The molecular formula is C16H23N3O2. The summed E-state index contributed by atoms with van der Waals surface area (Å²) in [7, 11) is 0. The highest BCUT2D eigenvalue weighted by Gasteiger charge is 2.54. The Labute approximate surface area is 124 Å². The first kappa shape index (κ1) is 12.6. The van der Waals surface area contributed by atoms with Crippen molar-refractivity contribution in [2.75, 3.05) is 13.2 Å². The Kier molecular flexibility index (Phi) is 2.44. The molecule has 0 spiro atoms. The van der Waals surface area contributed by atoms with E-state index in [4.69, 9.17) is 20.0 Å². The highest BCUT2D eigenvalue weighted by atomic mass is 16.5. The molecule has 1 aromatic rings. The van der Waals surface area contributed by atoms with Gasteiger partial charge in [-0.1, -0.05) is 5.16 Å². The second-order valence-electron chi connectivity index (χ2n) is 8.08. The van der Waals surface area contributed by atoms with Crippen LogP contribution in [0.1, 0.15) is 56.7 Å². The zero-order chi connectivity index (χ0) is 14.1. The quantitative estimate of drug-likeness (QED) is 0.902. The maximum Gasteiger partial charge on any atom is 0.249 e. The molecule has 0 radical (unpaired) electrons. The van der Waals surface area contributed by atoms with E-state index < -0.39 is 5.54 Å². The fourth-order valence-electron chi connectivity index (χ4n) is 5.78. The van der Waals surface area contributed by atoms with Gasteiger partial charge in [0.2, 0.25) is 5.89 Å². The number of hydrogen-bond donors (Lipinski definition) is 1. The highest BCUT2D eigenvalue weighted by molar-refractivity contribution is 5.18. The summed E-state index contributed by atoms with van der Waals surface area (Å²) in [6, 6.07) is 0. The van der Waals surface area contributed by atoms with Crippen molar-refractivity contribution in [1.82, 2.24) is 10.1 Å². The van der Waals surface area contributed by atoms with Crippen molar-refractivity contribution in [3.8, 4) is 0 Å². The minimum absolute atomic E-state index is 0.187. The lowest BCUT2D eigenvalue weighted by molar-refractivity contribution is -0.0103. The van der Waals surface area contributed by atoms with E-state index >= 15 is 0 Å². The lowest BCUT2D eigenvalue weighted by Gasteiger charge is -2.55. The third-order valence-electron chi connectivity index (χ3n) is 6.42. The molecule has 4 saturated carbocycles. The molecule has 4 bridgehead atoms. The summed E-state index contributed by atoms with van der Waals surface area (Å²) in [6.45, 7) is 1.18. The van der Waals surface area contributed by atoms with Gasteiger partial charge < -0.3 is 15.0 Å². The van der Waals surface area contributed by atoms with Crippen LogP contribution >= 0.6 is 0 Å². The fraction of sp³-hybridized carbons (Fsp3) is 0.875. The summed E-state index contributed by atoms with van der Waals surface area (Å²) >= 11 is 0. The minimum Gasteiger partial charge on any atom is -0.379 e. The molecule has 4 aliphatic carbocycles. The Morgan fingerprint density at radius 3 is 2.29 bits per heavy atom. The summed E-state index contributed by atoms with van der Waals surface area (Å²) in [4.78, 5) is 4.77. The number of nitrogens with zero attached hydrogens (tertiary/aromatic N) is 2. The summed E-state index contributed by atoms with van der Waals surface area (Å²) in [5.41, 5.74) is 5.99. The lowest BCUT2D eigenvalue weighted by Crippen LogP contribution is -2.49. The van der Waals surface area contributed by atoms with E-state index in [0.717, 1.165) is 30.0 Å². The van der Waals surface area contributed by atoms with Gasteiger partial charge >= 0.3 is 0 Å². The van der Waals surface area contributed by atoms with Gasteiger partial charge in [0.05, 0.1) is 6.61 Å². The molecule has 5 aliphatic rings. The lowest BCUT2D eigenvalue weighted by atomic mass is 9.49. The highest BCUT2D eigenvalue weighted by Crippen LogP contribution is 2.60. The van der Waals surface area contributed by atoms with Crippen molar-refractivity contribution < 1.29 is 9.26 Å². The van der Waals surface area contributed by atoms with Crippen molar-refractivity contribution in [2.24, 2.45) is 23.5 Å². The van der Waals surface area contributed by atoms with Crippen LogP contribution in [0.5, 0.6) is 0 Å². The molecule has 5 nitrogen and oxygen atoms in total. The van der Waals surface area contributed by atoms with E-state index in [2.05, 4.69) is 5.16 Å². The van der Waals surface area contributed by atoms with Gasteiger partial charge in [0.15, 0.2) is 5.82 Å². The van der Waals surface area contributed by atoms with Crippen molar-refractivity contribution in [2.45, 2.75) is 55.9 Å². The standard InChI is InChI=1S/C16H23N3O2/c17-16(1-2-20-9-16)14-18-13(19-21-14)15-6-10-3-11(7-15)5-12(4-10)8-15/h10-12H,1-9,17H2. The zero-order valence-corrected chi connectivity index (χ0v) is 12.4. The molecule has 0 aromatic carbocycles. The van der Waals surface area contributed by atoms with Crippen LogP contribution in [-0.4, -0.2) is 23.4 Å². The van der Waals surface area contributed by atoms with Gasteiger partial charge in [-0.05, 0) is 62.7 Å². The Morgan fingerprint density at radius 2 is 1.71 bits per heavy atom. The average molecular weight is 289 g/mol. The number of rotatable bonds is 2. The third kappa shape index (κ3) is 1.77. The molecule has 114 valence electrons. The van der Waals surface area contributed by atoms with Gasteiger partial charge in [0.1, 0.15) is 5.54 Å². The van der Waals surface area contributed by atoms with Crippen molar-refractivity contribution in [3.05, 3.63) is 11.7 Å². The summed E-state index contributed by atoms with van der Waals surface area (Å²) in [5, 5.41) is 4.37. The van der Waals surface area contributed by atoms with Crippen molar-refractivity contribution >= 4 is 0 Å². The van der Waals surface area contributed by atoms with E-state index in [9.17, 15) is 0 Å². The van der Waals surface area contributed by atoms with Crippen molar-refractivity contribution in [1.29, 1.82) is 0 Å². The van der Waals surface area contributed by atoms with Gasteiger partial charge in [-0.2, -0.15) is 4.98 Å². The Hall–Kier alpha value is -0.940. The van der Waals surface area contributed by atoms with Crippen LogP contribution in [0.4, 0.5) is 0 Å². The van der Waals surface area contributed by atoms with Gasteiger partial charge in [-0.15, -0.1) is 0 Å². The summed E-state index contributed by atoms with van der Waals surface area (Å²) < 4.78 is 11.0. The first-order chi connectivity index (χ1) is 10.2. The molecule has 1 unspecified atom stereocenters. The monoisotopic (exact) mass is 289 g/mol. The largest absolute Gasteiger partial charge is 0.379 e. The minimum atomic E-state index is -0.562. The molecular weight excluding hydrogens is 266 g/mol. The maximum absolute atomic E-state index is 6.36. The molecule has 5 fully saturated rings. The molecule has 5 heteroatoms. The number of ether oxygens (including phenoxy) is 1. The topological polar surface area (TPSA) is 74.2 Å². The van der Waals surface area contributed by atoms with E-state index in [0.29, 0.717) is 19.1 Å². The smallest absolute Gasteiger partial charge is 0.249 e. The maximum atomic E-state index is 6.36. The first-order valence-corrected chi connectivity index (χ1v) is 8.37. The van der Waals surface area contributed by atoms with Crippen LogP contribution < -0.4 is 5.73 Å². The van der Waals surface area contributed by atoms with Crippen LogP contribution in [0.3, 0.4) is 0 Å². The number of aromatic nitrogens is 2. The van der Waals surface area contributed by atoms with E-state index in [1.54, 1.807) is 0 Å². The predicted molar refractivity (Wildman–Crippen MR) is 75.4 cm³/mol. The third-order valence-corrected chi connectivity index (χ3v) is 6.42. The Morgan fingerprint density at radius 1 is 1.05 bits per heavy atom. The van der Waals surface area contributed by atoms with Crippen LogP contribution in [0.25, 0.3) is 0 Å². The number of hydrogen-bond acceptors (Lipinski definition) is 5. The fourth-order valence-corrected chi connectivity index (χ4v) is 5.78. The Balaban J connectivity index is 1.49. The second kappa shape index (κ2) is 4.07. The molecule has 1 aromatic heterocycles. The molecule has 2 heterocycles. The van der Waals surface area contributed by atoms with Gasteiger partial charge in [0.25, 0.3) is 0 Å². The Bertz CT molecular complexity index is 526. The molecule has 1 atom stereocenters. The molecule has 0 amide bonds. The molecule has 1 saturated heterocycles. The van der Waals surface area contributed by atoms with Crippen molar-refractivity contribution in [3.63, 3.8) is 0 Å². The van der Waals surface area contributed by atoms with Crippen LogP contribution in [0.15, 0.2) is 4.52 Å². The van der Waals surface area contributed by atoms with E-state index in [-0.39, 0.29) is 5.41 Å².